The first-order chi connectivity index (χ1) is 16.7. The number of H-pyrrole nitrogens is 1. The normalized spacial score (nSPS) is 19.1. The number of nitrogens with zero attached hydrogens (tertiary/aromatic N) is 6. The van der Waals surface area contributed by atoms with Gasteiger partial charge in [-0.25, -0.2) is 15.0 Å². The predicted molar refractivity (Wildman–Crippen MR) is 134 cm³/mol. The zero-order chi connectivity index (χ0) is 24.6. The lowest BCUT2D eigenvalue weighted by atomic mass is 9.70. The summed E-state index contributed by atoms with van der Waals surface area (Å²) in [5, 5.41) is 8.15. The number of carbonyl (C=O) groups excluding carboxylic acids is 2. The van der Waals surface area contributed by atoms with Gasteiger partial charge in [0.05, 0.1) is 17.7 Å². The fourth-order valence-corrected chi connectivity index (χ4v) is 6.31. The largest absolute Gasteiger partial charge is 0.340 e. The molecule has 1 atom stereocenters. The van der Waals surface area contributed by atoms with Crippen molar-refractivity contribution in [3.63, 3.8) is 0 Å². The molecule has 10 nitrogen and oxygen atoms in total. The number of aromatic nitrogens is 6. The standard InChI is InChI=1S/C23H20BrClN8O2/c1-10(2)7-32-18-13(4-12(25)5-14(18)24)23(22(32)35)6-15(34)30-20-16(23)11(3)31-33(20)21-17-19(27-8-26-17)28-9-29-21/h4-5,8-10H,6-7H2,1-3H3,(H,30,34)(H,26,27,28,29)/t23-/m1/s1. The SMILES string of the molecule is Cc1nn(-c2ncnc3nc[nH]c23)c2c1[C@]1(CC(=O)N2)C(=O)N(CC(C)C)c2c(Br)cc(Cl)cc21. The van der Waals surface area contributed by atoms with Gasteiger partial charge in [-0.3, -0.25) is 9.59 Å². The Bertz CT molecular complexity index is 1560. The Balaban J connectivity index is 1.67. The summed E-state index contributed by atoms with van der Waals surface area (Å²) >= 11 is 10.1. The number of rotatable bonds is 3. The van der Waals surface area contributed by atoms with E-state index in [1.807, 2.05) is 6.92 Å². The molecule has 0 radical (unpaired) electrons. The van der Waals surface area contributed by atoms with E-state index in [4.69, 9.17) is 16.7 Å². The molecule has 4 aromatic rings. The first-order valence-corrected chi connectivity index (χ1v) is 12.3. The Morgan fingerprint density at radius 1 is 1.23 bits per heavy atom. The van der Waals surface area contributed by atoms with Gasteiger partial charge in [0.1, 0.15) is 23.1 Å². The van der Waals surface area contributed by atoms with Crippen LogP contribution in [0.4, 0.5) is 11.5 Å². The lowest BCUT2D eigenvalue weighted by Gasteiger charge is -2.33. The number of aromatic amines is 1. The van der Waals surface area contributed by atoms with Gasteiger partial charge in [-0.2, -0.15) is 9.78 Å². The second-order valence-electron chi connectivity index (χ2n) is 9.24. The van der Waals surface area contributed by atoms with Gasteiger partial charge >= 0.3 is 0 Å². The highest BCUT2D eigenvalue weighted by Crippen LogP contribution is 2.56. The molecule has 1 spiro atoms. The van der Waals surface area contributed by atoms with E-state index in [0.717, 1.165) is 5.69 Å². The summed E-state index contributed by atoms with van der Waals surface area (Å²) in [6.07, 6.45) is 2.86. The Morgan fingerprint density at radius 2 is 2.03 bits per heavy atom. The van der Waals surface area contributed by atoms with Crippen LogP contribution in [0.25, 0.3) is 17.0 Å². The number of aryl methyl sites for hydroxylation is 1. The monoisotopic (exact) mass is 554 g/mol. The minimum Gasteiger partial charge on any atom is -0.340 e. The average Bonchev–Trinajstić information content (AvgIpc) is 3.45. The van der Waals surface area contributed by atoms with Crippen LogP contribution in [-0.2, 0) is 15.0 Å². The summed E-state index contributed by atoms with van der Waals surface area (Å²) in [6, 6.07) is 3.56. The van der Waals surface area contributed by atoms with Crippen molar-refractivity contribution >= 4 is 62.0 Å². The number of fused-ring (bicyclic) bond motifs is 5. The van der Waals surface area contributed by atoms with Gasteiger partial charge in [0, 0.05) is 28.0 Å². The number of benzene rings is 1. The Labute approximate surface area is 213 Å². The molecule has 178 valence electrons. The van der Waals surface area contributed by atoms with Crippen LogP contribution in [0.2, 0.25) is 5.02 Å². The number of hydrogen-bond acceptors (Lipinski definition) is 6. The topological polar surface area (TPSA) is 122 Å². The van der Waals surface area contributed by atoms with Gasteiger partial charge < -0.3 is 15.2 Å². The smallest absolute Gasteiger partial charge is 0.242 e. The molecule has 5 heterocycles. The summed E-state index contributed by atoms with van der Waals surface area (Å²) in [5.74, 6) is 0.564. The molecule has 0 bridgehead atoms. The van der Waals surface area contributed by atoms with Crippen molar-refractivity contribution in [2.45, 2.75) is 32.6 Å². The van der Waals surface area contributed by atoms with Crippen molar-refractivity contribution in [2.24, 2.45) is 5.92 Å². The van der Waals surface area contributed by atoms with Crippen molar-refractivity contribution in [3.05, 3.63) is 51.1 Å². The summed E-state index contributed by atoms with van der Waals surface area (Å²) in [4.78, 5) is 45.1. The first kappa shape index (κ1) is 22.2. The number of amides is 2. The molecule has 0 saturated carbocycles. The number of anilines is 2. The lowest BCUT2D eigenvalue weighted by Crippen LogP contribution is -2.47. The van der Waals surface area contributed by atoms with Crippen molar-refractivity contribution in [3.8, 4) is 5.82 Å². The third kappa shape index (κ3) is 3.00. The van der Waals surface area contributed by atoms with Crippen LogP contribution < -0.4 is 10.2 Å². The van der Waals surface area contributed by atoms with Crippen molar-refractivity contribution in [2.75, 3.05) is 16.8 Å². The Kier molecular flexibility index (Phi) is 4.81. The third-order valence-corrected chi connectivity index (χ3v) is 7.31. The Morgan fingerprint density at radius 3 is 2.80 bits per heavy atom. The molecule has 1 aromatic carbocycles. The fourth-order valence-electron chi connectivity index (χ4n) is 5.29. The molecular weight excluding hydrogens is 536 g/mol. The molecule has 2 N–H and O–H groups in total. The molecule has 3 aromatic heterocycles. The predicted octanol–water partition coefficient (Wildman–Crippen LogP) is 3.89. The number of carbonyl (C=O) groups is 2. The molecule has 0 saturated heterocycles. The van der Waals surface area contributed by atoms with E-state index in [-0.39, 0.29) is 24.2 Å². The van der Waals surface area contributed by atoms with Crippen LogP contribution in [-0.4, -0.2) is 48.1 Å². The summed E-state index contributed by atoms with van der Waals surface area (Å²) in [6.45, 7) is 6.43. The van der Waals surface area contributed by atoms with E-state index in [0.29, 0.717) is 55.7 Å². The third-order valence-electron chi connectivity index (χ3n) is 6.49. The van der Waals surface area contributed by atoms with Gasteiger partial charge in [0.25, 0.3) is 0 Å². The number of halogens is 2. The van der Waals surface area contributed by atoms with Gasteiger partial charge in [-0.15, -0.1) is 0 Å². The average molecular weight is 556 g/mol. The Hall–Kier alpha value is -3.31. The summed E-state index contributed by atoms with van der Waals surface area (Å²) < 4.78 is 2.25. The molecule has 2 aliphatic heterocycles. The second-order valence-corrected chi connectivity index (χ2v) is 10.5. The second kappa shape index (κ2) is 7.59. The van der Waals surface area contributed by atoms with Gasteiger partial charge in [-0.05, 0) is 46.5 Å². The zero-order valence-electron chi connectivity index (χ0n) is 19.1. The highest BCUT2D eigenvalue weighted by molar-refractivity contribution is 9.10. The lowest BCUT2D eigenvalue weighted by molar-refractivity contribution is -0.126. The molecule has 12 heteroatoms. The van der Waals surface area contributed by atoms with Crippen LogP contribution in [0.3, 0.4) is 0 Å². The van der Waals surface area contributed by atoms with Crippen molar-refractivity contribution in [1.29, 1.82) is 0 Å². The molecule has 35 heavy (non-hydrogen) atoms. The van der Waals surface area contributed by atoms with E-state index in [1.165, 1.54) is 12.7 Å². The highest BCUT2D eigenvalue weighted by Gasteiger charge is 2.58. The van der Waals surface area contributed by atoms with Crippen molar-refractivity contribution < 1.29 is 9.59 Å². The van der Waals surface area contributed by atoms with Gasteiger partial charge in [0.15, 0.2) is 11.5 Å². The number of nitrogens with one attached hydrogen (secondary N) is 2. The summed E-state index contributed by atoms with van der Waals surface area (Å²) in [5.41, 5.74) is 2.43. The molecule has 0 fully saturated rings. The maximum absolute atomic E-state index is 14.3. The van der Waals surface area contributed by atoms with Gasteiger partial charge in [0.2, 0.25) is 11.8 Å². The van der Waals surface area contributed by atoms with E-state index in [9.17, 15) is 9.59 Å². The number of imidazole rings is 1. The van der Waals surface area contributed by atoms with Crippen LogP contribution in [0.15, 0.2) is 29.3 Å². The molecule has 6 rings (SSSR count). The van der Waals surface area contributed by atoms with Crippen LogP contribution in [0.1, 0.15) is 37.1 Å². The maximum atomic E-state index is 14.3. The first-order valence-electron chi connectivity index (χ1n) is 11.1. The maximum Gasteiger partial charge on any atom is 0.242 e. The highest BCUT2D eigenvalue weighted by atomic mass is 79.9. The molecule has 0 unspecified atom stereocenters. The van der Waals surface area contributed by atoms with E-state index < -0.39 is 5.41 Å². The zero-order valence-corrected chi connectivity index (χ0v) is 21.4. The number of hydrogen-bond donors (Lipinski definition) is 2. The fraction of sp³-hybridized carbons (Fsp3) is 0.304. The van der Waals surface area contributed by atoms with Crippen LogP contribution >= 0.6 is 27.5 Å². The molecule has 0 aliphatic carbocycles. The van der Waals surface area contributed by atoms with Gasteiger partial charge in [-0.1, -0.05) is 25.4 Å². The quantitative estimate of drug-likeness (QED) is 0.396. The van der Waals surface area contributed by atoms with E-state index in [2.05, 4.69) is 55.0 Å². The van der Waals surface area contributed by atoms with E-state index in [1.54, 1.807) is 21.7 Å². The summed E-state index contributed by atoms with van der Waals surface area (Å²) in [7, 11) is 0. The molecule has 2 aliphatic rings. The molecule has 2 amide bonds. The van der Waals surface area contributed by atoms with Crippen LogP contribution in [0, 0.1) is 12.8 Å². The minimum atomic E-state index is -1.27. The molecular formula is C23H20BrClN8O2. The van der Waals surface area contributed by atoms with Crippen molar-refractivity contribution in [1.82, 2.24) is 29.7 Å². The van der Waals surface area contributed by atoms with Crippen LogP contribution in [0.5, 0.6) is 0 Å². The van der Waals surface area contributed by atoms with E-state index >= 15 is 0 Å². The minimum absolute atomic E-state index is 0.0526.